The topological polar surface area (TPSA) is 88.0 Å². The summed E-state index contributed by atoms with van der Waals surface area (Å²) in [5.41, 5.74) is 2.27. The van der Waals surface area contributed by atoms with E-state index < -0.39 is 11.8 Å². The summed E-state index contributed by atoms with van der Waals surface area (Å²) in [5, 5.41) is 14.2. The van der Waals surface area contributed by atoms with E-state index in [4.69, 9.17) is 0 Å². The Morgan fingerprint density at radius 3 is 2.93 bits per heavy atom. The van der Waals surface area contributed by atoms with Crippen molar-refractivity contribution < 1.29 is 13.6 Å². The highest BCUT2D eigenvalue weighted by atomic mass is 19.3. The van der Waals surface area contributed by atoms with E-state index in [1.165, 1.54) is 6.20 Å². The number of halogens is 2. The Bertz CT molecular complexity index is 1020. The number of alkyl halides is 2. The molecule has 3 aromatic rings. The van der Waals surface area contributed by atoms with Crippen molar-refractivity contribution >= 4 is 17.2 Å². The summed E-state index contributed by atoms with van der Waals surface area (Å²) >= 11 is 0. The first kappa shape index (κ1) is 20.4. The Hall–Kier alpha value is -2.84. The van der Waals surface area contributed by atoms with Crippen LogP contribution in [0.5, 0.6) is 0 Å². The summed E-state index contributed by atoms with van der Waals surface area (Å²) < 4.78 is 29.1. The van der Waals surface area contributed by atoms with Gasteiger partial charge in [0.1, 0.15) is 5.56 Å². The largest absolute Gasteiger partial charge is 0.319 e. The molecule has 0 aliphatic heterocycles. The number of anilines is 1. The highest BCUT2D eigenvalue weighted by molar-refractivity contribution is 6.08. The highest BCUT2D eigenvalue weighted by Crippen LogP contribution is 2.42. The number of aromatic nitrogens is 5. The van der Waals surface area contributed by atoms with Crippen molar-refractivity contribution in [1.82, 2.24) is 24.8 Å². The van der Waals surface area contributed by atoms with Gasteiger partial charge in [-0.3, -0.25) is 9.89 Å². The van der Waals surface area contributed by atoms with Crippen molar-refractivity contribution in [1.29, 1.82) is 0 Å². The van der Waals surface area contributed by atoms with Crippen LogP contribution in [0.25, 0.3) is 5.65 Å². The number of nitrogens with one attached hydrogen (secondary N) is 2. The van der Waals surface area contributed by atoms with Gasteiger partial charge < -0.3 is 5.32 Å². The van der Waals surface area contributed by atoms with E-state index in [9.17, 15) is 13.6 Å². The number of hydrogen-bond acceptors (Lipinski definition) is 4. The molecule has 30 heavy (non-hydrogen) atoms. The van der Waals surface area contributed by atoms with Crippen LogP contribution >= 0.6 is 0 Å². The average Bonchev–Trinajstić information content (AvgIpc) is 3.26. The lowest BCUT2D eigenvalue weighted by Crippen LogP contribution is -2.23. The van der Waals surface area contributed by atoms with E-state index in [2.05, 4.69) is 32.5 Å². The van der Waals surface area contributed by atoms with Crippen LogP contribution in [0.1, 0.15) is 67.9 Å². The zero-order valence-corrected chi connectivity index (χ0v) is 17.1. The van der Waals surface area contributed by atoms with Crippen molar-refractivity contribution in [2.24, 2.45) is 11.8 Å². The second-order valence-electron chi connectivity index (χ2n) is 8.31. The van der Waals surface area contributed by atoms with Gasteiger partial charge in [-0.05, 0) is 44.6 Å². The second-order valence-corrected chi connectivity index (χ2v) is 8.31. The summed E-state index contributed by atoms with van der Waals surface area (Å²) in [7, 11) is 0. The first-order chi connectivity index (χ1) is 14.3. The molecule has 1 aliphatic rings. The number of amides is 1. The third kappa shape index (κ3) is 4.06. The molecule has 1 saturated carbocycles. The summed E-state index contributed by atoms with van der Waals surface area (Å²) in [5.74, 6) is -3.18. The summed E-state index contributed by atoms with van der Waals surface area (Å²) in [6.45, 7) is 3.09. The number of aromatic amines is 1. The maximum absolute atomic E-state index is 13.8. The second kappa shape index (κ2) is 8.12. The van der Waals surface area contributed by atoms with E-state index in [-0.39, 0.29) is 17.7 Å². The van der Waals surface area contributed by atoms with Gasteiger partial charge in [-0.15, -0.1) is 0 Å². The molecule has 0 bridgehead atoms. The first-order valence-electron chi connectivity index (χ1n) is 10.4. The zero-order valence-electron chi connectivity index (χ0n) is 17.1. The van der Waals surface area contributed by atoms with Crippen LogP contribution in [0.3, 0.4) is 0 Å². The minimum Gasteiger partial charge on any atom is -0.319 e. The van der Waals surface area contributed by atoms with Gasteiger partial charge in [-0.2, -0.15) is 10.2 Å². The lowest BCUT2D eigenvalue weighted by Gasteiger charge is -2.24. The number of rotatable bonds is 5. The lowest BCUT2D eigenvalue weighted by atomic mass is 9.84. The minimum atomic E-state index is -2.63. The number of hydrogen-bond donors (Lipinski definition) is 2. The van der Waals surface area contributed by atoms with Crippen molar-refractivity contribution in [3.8, 4) is 0 Å². The van der Waals surface area contributed by atoms with Gasteiger partial charge in [0.15, 0.2) is 5.65 Å². The van der Waals surface area contributed by atoms with Gasteiger partial charge >= 0.3 is 0 Å². The lowest BCUT2D eigenvalue weighted by molar-refractivity contribution is -0.0455. The fourth-order valence-corrected chi connectivity index (χ4v) is 4.49. The van der Waals surface area contributed by atoms with Crippen molar-refractivity contribution in [2.45, 2.75) is 57.8 Å². The molecule has 3 atom stereocenters. The average molecular weight is 416 g/mol. The van der Waals surface area contributed by atoms with Crippen molar-refractivity contribution in [3.05, 3.63) is 42.1 Å². The highest BCUT2D eigenvalue weighted by Gasteiger charge is 2.36. The standard InChI is InChI=1S/C21H26F2N6O/c1-13(14-5-3-6-15(8-7-14)21(2,22)23)18-17(12-25-28-18)27-20(30)16-11-26-29-10-4-9-24-19(16)29/h4,9-15H,3,5-8H2,1-2H3,(H,25,28)(H,27,30). The van der Waals surface area contributed by atoms with Gasteiger partial charge in [-0.25, -0.2) is 18.3 Å². The monoisotopic (exact) mass is 416 g/mol. The van der Waals surface area contributed by atoms with Crippen LogP contribution < -0.4 is 5.32 Å². The smallest absolute Gasteiger partial charge is 0.261 e. The third-order valence-corrected chi connectivity index (χ3v) is 6.33. The molecule has 3 heterocycles. The maximum atomic E-state index is 13.8. The van der Waals surface area contributed by atoms with Gasteiger partial charge in [0.25, 0.3) is 5.91 Å². The summed E-state index contributed by atoms with van der Waals surface area (Å²) in [6, 6.07) is 1.74. The molecule has 1 aliphatic carbocycles. The fraction of sp³-hybridized carbons (Fsp3) is 0.524. The molecule has 3 unspecified atom stereocenters. The fourth-order valence-electron chi connectivity index (χ4n) is 4.49. The molecule has 9 heteroatoms. The molecule has 160 valence electrons. The first-order valence-corrected chi connectivity index (χ1v) is 10.4. The number of fused-ring (bicyclic) bond motifs is 1. The number of carbonyl (C=O) groups is 1. The predicted molar refractivity (Wildman–Crippen MR) is 109 cm³/mol. The van der Waals surface area contributed by atoms with Gasteiger partial charge in [0.05, 0.1) is 23.8 Å². The Morgan fingerprint density at radius 1 is 1.30 bits per heavy atom. The van der Waals surface area contributed by atoms with Gasteiger partial charge in [0.2, 0.25) is 5.92 Å². The molecule has 7 nitrogen and oxygen atoms in total. The maximum Gasteiger partial charge on any atom is 0.261 e. The van der Waals surface area contributed by atoms with Crippen LogP contribution in [0.4, 0.5) is 14.5 Å². The normalized spacial score (nSPS) is 21.3. The Balaban J connectivity index is 1.48. The molecule has 1 amide bonds. The van der Waals surface area contributed by atoms with Crippen LogP contribution in [-0.4, -0.2) is 36.6 Å². The predicted octanol–water partition coefficient (Wildman–Crippen LogP) is 4.66. The number of H-pyrrole nitrogens is 1. The molecule has 0 aromatic carbocycles. The Labute approximate surface area is 173 Å². The van der Waals surface area contributed by atoms with Crippen molar-refractivity contribution in [3.63, 3.8) is 0 Å². The SMILES string of the molecule is CC(c1[nH]ncc1NC(=O)c1cnn2cccnc12)C1CCCC(C(C)(F)F)CC1. The molecule has 4 rings (SSSR count). The number of nitrogens with zero attached hydrogens (tertiary/aromatic N) is 4. The van der Waals surface area contributed by atoms with Gasteiger partial charge in [0, 0.05) is 24.2 Å². The van der Waals surface area contributed by atoms with Crippen LogP contribution in [0.15, 0.2) is 30.9 Å². The molecule has 0 radical (unpaired) electrons. The molecular formula is C21H26F2N6O. The van der Waals surface area contributed by atoms with Crippen molar-refractivity contribution in [2.75, 3.05) is 5.32 Å². The third-order valence-electron chi connectivity index (χ3n) is 6.33. The van der Waals surface area contributed by atoms with Crippen LogP contribution in [0, 0.1) is 11.8 Å². The summed E-state index contributed by atoms with van der Waals surface area (Å²) in [6.07, 6.45) is 9.88. The van der Waals surface area contributed by atoms with Gasteiger partial charge in [-0.1, -0.05) is 13.3 Å². The molecule has 3 aromatic heterocycles. The zero-order chi connectivity index (χ0) is 21.3. The van der Waals surface area contributed by atoms with E-state index in [0.717, 1.165) is 31.9 Å². The van der Waals surface area contributed by atoms with Crippen LogP contribution in [-0.2, 0) is 0 Å². The molecule has 2 N–H and O–H groups in total. The quantitative estimate of drug-likeness (QED) is 0.592. The number of carbonyl (C=O) groups excluding carboxylic acids is 1. The van der Waals surface area contributed by atoms with E-state index in [0.29, 0.717) is 29.7 Å². The minimum absolute atomic E-state index is 0.0639. The Kier molecular flexibility index (Phi) is 5.53. The molecular weight excluding hydrogens is 390 g/mol. The Morgan fingerprint density at radius 2 is 2.13 bits per heavy atom. The van der Waals surface area contributed by atoms with E-state index >= 15 is 0 Å². The van der Waals surface area contributed by atoms with E-state index in [1.807, 2.05) is 0 Å². The molecule has 1 fully saturated rings. The van der Waals surface area contributed by atoms with Crippen LogP contribution in [0.2, 0.25) is 0 Å². The summed E-state index contributed by atoms with van der Waals surface area (Å²) in [4.78, 5) is 17.0. The molecule has 0 saturated heterocycles. The van der Waals surface area contributed by atoms with E-state index in [1.54, 1.807) is 29.2 Å². The molecule has 0 spiro atoms.